The van der Waals surface area contributed by atoms with Gasteiger partial charge in [0.1, 0.15) is 0 Å². The fourth-order valence-electron chi connectivity index (χ4n) is 3.90. The highest BCUT2D eigenvalue weighted by Gasteiger charge is 2.47. The standard InChI is InChI=1S/C22H33NO/c1-7-8-12-19-15-14-18-11-9-10-13-20(18)22(19,6)21(24)23(16(2)3)17(4)5/h9-11,13-17,19H,7-8,12H2,1-6H3/t19-,22-/m1/s1/i19D. The predicted molar refractivity (Wildman–Crippen MR) is 103 cm³/mol. The summed E-state index contributed by atoms with van der Waals surface area (Å²) in [6.07, 6.45) is 6.66. The smallest absolute Gasteiger partial charge is 0.234 e. The molecule has 2 nitrogen and oxygen atoms in total. The predicted octanol–water partition coefficient (Wildman–Crippen LogP) is 5.42. The topological polar surface area (TPSA) is 20.3 Å². The van der Waals surface area contributed by atoms with Crippen molar-refractivity contribution >= 4 is 12.0 Å². The molecule has 0 heterocycles. The molecule has 24 heavy (non-hydrogen) atoms. The third kappa shape index (κ3) is 3.29. The van der Waals surface area contributed by atoms with Crippen LogP contribution in [0.4, 0.5) is 0 Å². The number of carbonyl (C=O) groups is 1. The number of hydrogen-bond donors (Lipinski definition) is 0. The Morgan fingerprint density at radius 2 is 1.88 bits per heavy atom. The van der Waals surface area contributed by atoms with Crippen LogP contribution >= 0.6 is 0 Å². The summed E-state index contributed by atoms with van der Waals surface area (Å²) in [5, 5.41) is 0. The van der Waals surface area contributed by atoms with Gasteiger partial charge < -0.3 is 4.90 Å². The van der Waals surface area contributed by atoms with Crippen molar-refractivity contribution in [2.24, 2.45) is 5.89 Å². The first-order valence-corrected chi connectivity index (χ1v) is 9.30. The van der Waals surface area contributed by atoms with Gasteiger partial charge in [0.2, 0.25) is 5.91 Å². The Hall–Kier alpha value is -1.57. The van der Waals surface area contributed by atoms with Gasteiger partial charge in [0.05, 0.1) is 5.41 Å². The molecular weight excluding hydrogens is 294 g/mol. The Kier molecular flexibility index (Phi) is 5.43. The minimum Gasteiger partial charge on any atom is -0.337 e. The van der Waals surface area contributed by atoms with E-state index in [9.17, 15) is 6.17 Å². The van der Waals surface area contributed by atoms with E-state index in [0.29, 0.717) is 6.42 Å². The molecule has 0 radical (unpaired) electrons. The molecule has 1 aliphatic rings. The van der Waals surface area contributed by atoms with Gasteiger partial charge in [-0.25, -0.2) is 0 Å². The average Bonchev–Trinajstić information content (AvgIpc) is 2.56. The van der Waals surface area contributed by atoms with Crippen molar-refractivity contribution in [3.8, 4) is 0 Å². The number of fused-ring (bicyclic) bond motifs is 1. The molecule has 132 valence electrons. The summed E-state index contributed by atoms with van der Waals surface area (Å²) in [5.74, 6) is -0.850. The lowest BCUT2D eigenvalue weighted by Crippen LogP contribution is -2.54. The van der Waals surface area contributed by atoms with Crippen LogP contribution in [0.15, 0.2) is 30.3 Å². The van der Waals surface area contributed by atoms with Gasteiger partial charge in [-0.05, 0) is 58.1 Å². The maximum Gasteiger partial charge on any atom is 0.234 e. The fraction of sp³-hybridized carbons (Fsp3) is 0.591. The van der Waals surface area contributed by atoms with Gasteiger partial charge in [-0.1, -0.05) is 56.2 Å². The maximum absolute atomic E-state index is 13.8. The number of hydrogen-bond acceptors (Lipinski definition) is 1. The van der Waals surface area contributed by atoms with E-state index in [1.54, 1.807) is 0 Å². The molecule has 0 fully saturated rings. The molecule has 2 atom stereocenters. The summed E-state index contributed by atoms with van der Waals surface area (Å²) in [4.78, 5) is 15.8. The zero-order valence-electron chi connectivity index (χ0n) is 17.1. The lowest BCUT2D eigenvalue weighted by Gasteiger charge is -2.45. The van der Waals surface area contributed by atoms with Crippen molar-refractivity contribution in [3.63, 3.8) is 0 Å². The third-order valence-corrected chi connectivity index (χ3v) is 5.18. The highest BCUT2D eigenvalue weighted by Crippen LogP contribution is 2.44. The van der Waals surface area contributed by atoms with E-state index in [-0.39, 0.29) is 18.0 Å². The number of benzene rings is 1. The van der Waals surface area contributed by atoms with Crippen LogP contribution in [-0.2, 0) is 10.2 Å². The molecule has 1 aromatic rings. The zero-order valence-corrected chi connectivity index (χ0v) is 16.1. The van der Waals surface area contributed by atoms with E-state index < -0.39 is 11.3 Å². The van der Waals surface area contributed by atoms with Gasteiger partial charge in [0, 0.05) is 13.5 Å². The second-order valence-corrected chi connectivity index (χ2v) is 7.57. The number of allylic oxidation sites excluding steroid dienone is 1. The highest BCUT2D eigenvalue weighted by molar-refractivity contribution is 5.91. The Bertz CT molecular complexity index is 643. The Balaban J connectivity index is 2.64. The van der Waals surface area contributed by atoms with Gasteiger partial charge in [-0.2, -0.15) is 0 Å². The van der Waals surface area contributed by atoms with Crippen molar-refractivity contribution in [2.45, 2.75) is 78.3 Å². The second kappa shape index (κ2) is 7.55. The van der Waals surface area contributed by atoms with Crippen LogP contribution in [-0.4, -0.2) is 22.9 Å². The molecule has 0 N–H and O–H groups in total. The lowest BCUT2D eigenvalue weighted by atomic mass is 9.64. The number of unbranched alkanes of at least 4 members (excludes halogenated alkanes) is 1. The first-order valence-electron chi connectivity index (χ1n) is 9.80. The molecule has 0 aliphatic heterocycles. The van der Waals surface area contributed by atoms with Gasteiger partial charge in [-0.15, -0.1) is 0 Å². The van der Waals surface area contributed by atoms with Gasteiger partial charge >= 0.3 is 0 Å². The molecule has 2 rings (SSSR count). The normalized spacial score (nSPS) is 26.4. The number of nitrogens with zero attached hydrogens (tertiary/aromatic N) is 1. The molecule has 0 unspecified atom stereocenters. The first-order chi connectivity index (χ1) is 11.7. The van der Waals surface area contributed by atoms with Crippen LogP contribution in [0.25, 0.3) is 6.08 Å². The number of carbonyl (C=O) groups excluding carboxylic acids is 1. The minimum atomic E-state index is -0.920. The van der Waals surface area contributed by atoms with Crippen LogP contribution in [0, 0.1) is 5.89 Å². The average molecular weight is 329 g/mol. The summed E-state index contributed by atoms with van der Waals surface area (Å²) in [6.45, 7) is 12.4. The molecule has 0 saturated heterocycles. The van der Waals surface area contributed by atoms with Crippen LogP contribution in [0.1, 0.15) is 73.3 Å². The largest absolute Gasteiger partial charge is 0.337 e. The van der Waals surface area contributed by atoms with E-state index in [1.807, 2.05) is 48.2 Å². The van der Waals surface area contributed by atoms with Crippen molar-refractivity contribution in [1.82, 2.24) is 4.90 Å². The van der Waals surface area contributed by atoms with Crippen molar-refractivity contribution in [3.05, 3.63) is 41.5 Å². The Morgan fingerprint density at radius 3 is 2.46 bits per heavy atom. The molecule has 1 aromatic carbocycles. The first kappa shape index (κ1) is 17.3. The molecule has 1 aliphatic carbocycles. The SMILES string of the molecule is [2H][C@@]1(CCCC)C=Cc2ccccc2[C@]1(C)C(=O)N(C(C)C)C(C)C. The molecule has 1 amide bonds. The second-order valence-electron chi connectivity index (χ2n) is 7.57. The number of amides is 1. The maximum atomic E-state index is 13.8. The van der Waals surface area contributed by atoms with Crippen LogP contribution in [0.5, 0.6) is 0 Å². The van der Waals surface area contributed by atoms with E-state index in [1.165, 1.54) is 0 Å². The highest BCUT2D eigenvalue weighted by atomic mass is 16.2. The van der Waals surface area contributed by atoms with Gasteiger partial charge in [0.15, 0.2) is 0 Å². The molecule has 0 saturated carbocycles. The van der Waals surface area contributed by atoms with E-state index in [2.05, 4.69) is 34.6 Å². The molecular formula is C22H33NO. The summed E-state index contributed by atoms with van der Waals surface area (Å²) in [7, 11) is 0. The van der Waals surface area contributed by atoms with Crippen LogP contribution in [0.3, 0.4) is 0 Å². The summed E-state index contributed by atoms with van der Waals surface area (Å²) >= 11 is 0. The summed E-state index contributed by atoms with van der Waals surface area (Å²) in [6, 6.07) is 8.28. The summed E-state index contributed by atoms with van der Waals surface area (Å²) < 4.78 is 9.28. The Morgan fingerprint density at radius 1 is 1.25 bits per heavy atom. The van der Waals surface area contributed by atoms with E-state index in [4.69, 9.17) is 0 Å². The lowest BCUT2D eigenvalue weighted by molar-refractivity contribution is -0.142. The third-order valence-electron chi connectivity index (χ3n) is 5.18. The monoisotopic (exact) mass is 328 g/mol. The molecule has 0 bridgehead atoms. The molecule has 2 heteroatoms. The van der Waals surface area contributed by atoms with E-state index in [0.717, 1.165) is 24.0 Å². The molecule has 0 spiro atoms. The van der Waals surface area contributed by atoms with Gasteiger partial charge in [0.25, 0.3) is 0 Å². The minimum absolute atomic E-state index is 0.0698. The fourth-order valence-corrected chi connectivity index (χ4v) is 3.90. The quantitative estimate of drug-likeness (QED) is 0.682. The summed E-state index contributed by atoms with van der Waals surface area (Å²) in [5.41, 5.74) is 1.17. The van der Waals surface area contributed by atoms with E-state index >= 15 is 0 Å². The van der Waals surface area contributed by atoms with Crippen LogP contribution < -0.4 is 0 Å². The molecule has 0 aromatic heterocycles. The zero-order chi connectivity index (χ0) is 18.8. The number of rotatable bonds is 6. The van der Waals surface area contributed by atoms with Gasteiger partial charge in [-0.3, -0.25) is 4.79 Å². The van der Waals surface area contributed by atoms with Crippen LogP contribution in [0.2, 0.25) is 0 Å². The Labute approximate surface area is 149 Å². The van der Waals surface area contributed by atoms with Crippen molar-refractivity contribution in [1.29, 1.82) is 0 Å². The van der Waals surface area contributed by atoms with Crippen molar-refractivity contribution in [2.75, 3.05) is 0 Å². The van der Waals surface area contributed by atoms with Crippen molar-refractivity contribution < 1.29 is 6.17 Å².